The Bertz CT molecular complexity index is 1220. The van der Waals surface area contributed by atoms with E-state index in [-0.39, 0.29) is 6.10 Å². The molecule has 33 heavy (non-hydrogen) atoms. The number of aromatic nitrogens is 3. The van der Waals surface area contributed by atoms with E-state index in [1.165, 1.54) is 6.20 Å². The number of hydrogen-bond donors (Lipinski definition) is 2. The zero-order valence-electron chi connectivity index (χ0n) is 18.4. The normalized spacial score (nSPS) is 18.1. The van der Waals surface area contributed by atoms with Crippen LogP contribution in [0, 0.1) is 0 Å². The first-order valence-electron chi connectivity index (χ1n) is 11.0. The molecule has 4 heterocycles. The highest BCUT2D eigenvalue weighted by atomic mass is 16.5. The molecular formula is C23H26N6O4. The monoisotopic (exact) mass is 450 g/mol. The van der Waals surface area contributed by atoms with Gasteiger partial charge in [0, 0.05) is 50.4 Å². The molecule has 10 heteroatoms. The fraction of sp³-hybridized carbons (Fsp3) is 0.391. The van der Waals surface area contributed by atoms with E-state index in [0.29, 0.717) is 48.0 Å². The van der Waals surface area contributed by atoms with Crippen molar-refractivity contribution in [2.75, 3.05) is 45.3 Å². The molecule has 1 aromatic carbocycles. The number of amides is 1. The average molecular weight is 450 g/mol. The third kappa shape index (κ3) is 4.39. The van der Waals surface area contributed by atoms with Crippen LogP contribution < -0.4 is 25.7 Å². The molecule has 0 spiro atoms. The van der Waals surface area contributed by atoms with E-state index < -0.39 is 5.91 Å². The van der Waals surface area contributed by atoms with E-state index in [9.17, 15) is 4.79 Å². The molecule has 1 saturated heterocycles. The van der Waals surface area contributed by atoms with Crippen LogP contribution in [0.5, 0.6) is 11.5 Å². The van der Waals surface area contributed by atoms with Crippen LogP contribution >= 0.6 is 0 Å². The Labute approximate surface area is 190 Å². The molecule has 172 valence electrons. The van der Waals surface area contributed by atoms with Gasteiger partial charge in [0.05, 0.1) is 32.0 Å². The van der Waals surface area contributed by atoms with Gasteiger partial charge in [0.2, 0.25) is 5.62 Å². The first kappa shape index (κ1) is 21.4. The van der Waals surface area contributed by atoms with Gasteiger partial charge in [-0.1, -0.05) is 0 Å². The maximum absolute atomic E-state index is 12.7. The summed E-state index contributed by atoms with van der Waals surface area (Å²) < 4.78 is 19.4. The number of fused-ring (bicyclic) bond motifs is 3. The molecule has 2 aromatic heterocycles. The van der Waals surface area contributed by atoms with Crippen molar-refractivity contribution in [1.29, 1.82) is 0 Å². The molecule has 5 rings (SSSR count). The molecule has 1 unspecified atom stereocenters. The summed E-state index contributed by atoms with van der Waals surface area (Å²) in [5, 5.41) is 7.57. The molecule has 2 aliphatic heterocycles. The van der Waals surface area contributed by atoms with Crippen LogP contribution in [0.3, 0.4) is 0 Å². The highest BCUT2D eigenvalue weighted by molar-refractivity contribution is 5.96. The van der Waals surface area contributed by atoms with Crippen molar-refractivity contribution in [3.8, 4) is 11.5 Å². The summed E-state index contributed by atoms with van der Waals surface area (Å²) in [6.45, 7) is 4.30. The van der Waals surface area contributed by atoms with E-state index in [4.69, 9.17) is 19.2 Å². The quantitative estimate of drug-likeness (QED) is 0.579. The Morgan fingerprint density at radius 3 is 3.06 bits per heavy atom. The minimum Gasteiger partial charge on any atom is -0.491 e. The van der Waals surface area contributed by atoms with Crippen molar-refractivity contribution in [3.05, 3.63) is 47.8 Å². The van der Waals surface area contributed by atoms with Gasteiger partial charge in [-0.05, 0) is 24.3 Å². The average Bonchev–Trinajstić information content (AvgIpc) is 3.36. The van der Waals surface area contributed by atoms with Crippen molar-refractivity contribution in [2.24, 2.45) is 4.99 Å². The minimum atomic E-state index is -0.399. The Balaban J connectivity index is 1.50. The van der Waals surface area contributed by atoms with E-state index in [0.717, 1.165) is 37.3 Å². The fourth-order valence-corrected chi connectivity index (χ4v) is 4.10. The summed E-state index contributed by atoms with van der Waals surface area (Å²) in [5.74, 6) is 1.56. The van der Waals surface area contributed by atoms with Gasteiger partial charge in [0.1, 0.15) is 11.3 Å². The van der Waals surface area contributed by atoms with Gasteiger partial charge in [-0.3, -0.25) is 14.3 Å². The summed E-state index contributed by atoms with van der Waals surface area (Å²) in [6, 6.07) is 7.23. The second-order valence-electron chi connectivity index (χ2n) is 7.82. The number of rotatable bonds is 6. The molecule has 0 aliphatic carbocycles. The van der Waals surface area contributed by atoms with Crippen LogP contribution in [0.25, 0.3) is 10.9 Å². The van der Waals surface area contributed by atoms with Crippen molar-refractivity contribution in [1.82, 2.24) is 19.9 Å². The van der Waals surface area contributed by atoms with Crippen LogP contribution in [0.1, 0.15) is 16.8 Å². The number of hydrogen-bond acceptors (Lipinski definition) is 8. The first-order chi connectivity index (χ1) is 16.2. The lowest BCUT2D eigenvalue weighted by atomic mass is 10.2. The summed E-state index contributed by atoms with van der Waals surface area (Å²) in [4.78, 5) is 25.7. The molecule has 0 radical (unpaired) electrons. The molecule has 10 nitrogen and oxygen atoms in total. The molecule has 2 aliphatic rings. The molecule has 0 saturated carbocycles. The molecule has 1 atom stereocenters. The summed E-state index contributed by atoms with van der Waals surface area (Å²) in [7, 11) is 1.59. The number of nitrogens with zero attached hydrogens (tertiary/aromatic N) is 4. The van der Waals surface area contributed by atoms with Crippen molar-refractivity contribution >= 4 is 22.6 Å². The summed E-state index contributed by atoms with van der Waals surface area (Å²) in [6.07, 6.45) is 4.01. The number of ether oxygens (including phenoxy) is 3. The Kier molecular flexibility index (Phi) is 6.18. The van der Waals surface area contributed by atoms with Crippen molar-refractivity contribution in [2.45, 2.75) is 19.1 Å². The summed E-state index contributed by atoms with van der Waals surface area (Å²) in [5.41, 5.74) is 1.31. The number of nitrogens with one attached hydrogen (secondary N) is 2. The fourth-order valence-electron chi connectivity index (χ4n) is 4.10. The molecule has 1 amide bonds. The first-order valence-corrected chi connectivity index (χ1v) is 11.0. The van der Waals surface area contributed by atoms with Gasteiger partial charge in [-0.15, -0.1) is 0 Å². The van der Waals surface area contributed by atoms with E-state index >= 15 is 0 Å². The second kappa shape index (κ2) is 9.55. The van der Waals surface area contributed by atoms with Gasteiger partial charge in [0.15, 0.2) is 11.5 Å². The Hall–Kier alpha value is -3.50. The minimum absolute atomic E-state index is 0.135. The third-order valence-electron chi connectivity index (χ3n) is 5.72. The van der Waals surface area contributed by atoms with Gasteiger partial charge < -0.3 is 24.8 Å². The number of morpholine rings is 1. The standard InChI is InChI=1S/C23H26N6O4/c1-31-20-18(33-11-6-16-14-25-9-12-32-16)5-4-17-19(20)27-23(29-10-8-26-21(17)29)28-22(30)15-3-2-7-24-13-15/h2-5,7,13,16,25-26H,6,8-12,14H2,1H3. The van der Waals surface area contributed by atoms with Crippen LogP contribution in [0.2, 0.25) is 0 Å². The highest BCUT2D eigenvalue weighted by Crippen LogP contribution is 2.37. The third-order valence-corrected chi connectivity index (χ3v) is 5.72. The Morgan fingerprint density at radius 1 is 1.33 bits per heavy atom. The topological polar surface area (TPSA) is 112 Å². The molecule has 3 aromatic rings. The number of carbonyl (C=O) groups excluding carboxylic acids is 1. The lowest BCUT2D eigenvalue weighted by molar-refractivity contribution is 0.0157. The van der Waals surface area contributed by atoms with Gasteiger partial charge in [-0.25, -0.2) is 4.98 Å². The maximum atomic E-state index is 12.7. The highest BCUT2D eigenvalue weighted by Gasteiger charge is 2.21. The number of carbonyl (C=O) groups is 1. The van der Waals surface area contributed by atoms with E-state index in [2.05, 4.69) is 20.6 Å². The van der Waals surface area contributed by atoms with Gasteiger partial charge in [-0.2, -0.15) is 4.99 Å². The number of pyridine rings is 1. The Morgan fingerprint density at radius 2 is 2.27 bits per heavy atom. The number of methoxy groups -OCH3 is 1. The van der Waals surface area contributed by atoms with Crippen LogP contribution in [-0.4, -0.2) is 66.5 Å². The largest absolute Gasteiger partial charge is 0.491 e. The van der Waals surface area contributed by atoms with Crippen LogP contribution in [0.4, 0.5) is 5.82 Å². The predicted octanol–water partition coefficient (Wildman–Crippen LogP) is 1.36. The molecule has 0 bridgehead atoms. The van der Waals surface area contributed by atoms with Gasteiger partial charge >= 0.3 is 0 Å². The number of anilines is 1. The van der Waals surface area contributed by atoms with E-state index in [1.807, 2.05) is 16.7 Å². The van der Waals surface area contributed by atoms with Gasteiger partial charge in [0.25, 0.3) is 5.91 Å². The van der Waals surface area contributed by atoms with Crippen LogP contribution in [-0.2, 0) is 11.3 Å². The maximum Gasteiger partial charge on any atom is 0.281 e. The number of benzene rings is 1. The zero-order chi connectivity index (χ0) is 22.6. The van der Waals surface area contributed by atoms with E-state index in [1.54, 1.807) is 25.4 Å². The lowest BCUT2D eigenvalue weighted by Gasteiger charge is -2.23. The summed E-state index contributed by atoms with van der Waals surface area (Å²) >= 11 is 0. The zero-order valence-corrected chi connectivity index (χ0v) is 18.4. The van der Waals surface area contributed by atoms with Crippen LogP contribution in [0.15, 0.2) is 41.7 Å². The molecular weight excluding hydrogens is 424 g/mol. The smallest absolute Gasteiger partial charge is 0.281 e. The second-order valence-corrected chi connectivity index (χ2v) is 7.82. The van der Waals surface area contributed by atoms with Crippen molar-refractivity contribution < 1.29 is 19.0 Å². The lowest BCUT2D eigenvalue weighted by Crippen LogP contribution is -2.39. The van der Waals surface area contributed by atoms with Crippen molar-refractivity contribution in [3.63, 3.8) is 0 Å². The SMILES string of the molecule is COc1c(OCCC2CNCCO2)ccc2c3n(c(=NC(=O)c4cccnc4)nc12)CCN3. The predicted molar refractivity (Wildman–Crippen MR) is 122 cm³/mol. The molecule has 2 N–H and O–H groups in total. The molecule has 1 fully saturated rings.